The summed E-state index contributed by atoms with van der Waals surface area (Å²) in [6.45, 7) is 5.18. The van der Waals surface area contributed by atoms with Gasteiger partial charge in [0.1, 0.15) is 9.71 Å². The number of pyridine rings is 1. The lowest BCUT2D eigenvalue weighted by atomic mass is 10.1. The van der Waals surface area contributed by atoms with Gasteiger partial charge in [0.15, 0.2) is 0 Å². The maximum atomic E-state index is 12.4. The number of carbonyl (C=O) groups is 2. The highest BCUT2D eigenvalue weighted by Crippen LogP contribution is 2.38. The molecule has 4 heterocycles. The summed E-state index contributed by atoms with van der Waals surface area (Å²) in [6, 6.07) is 9.92. The largest absolute Gasteiger partial charge is 0.397 e. The van der Waals surface area contributed by atoms with Crippen LogP contribution in [0.15, 0.2) is 36.5 Å². The number of primary amides is 1. The second-order valence-electron chi connectivity index (χ2n) is 8.24. The Balaban J connectivity index is 1.33. The third kappa shape index (κ3) is 3.62. The fourth-order valence-electron chi connectivity index (χ4n) is 4.41. The predicted molar refractivity (Wildman–Crippen MR) is 129 cm³/mol. The van der Waals surface area contributed by atoms with Gasteiger partial charge in [0.25, 0.3) is 11.8 Å². The van der Waals surface area contributed by atoms with Crippen LogP contribution in [-0.2, 0) is 0 Å². The molecule has 2 aromatic heterocycles. The minimum atomic E-state index is -0.519. The van der Waals surface area contributed by atoms with Crippen molar-refractivity contribution >= 4 is 50.4 Å². The number of hydrogen-bond donors (Lipinski definition) is 2. The van der Waals surface area contributed by atoms with E-state index in [4.69, 9.17) is 11.5 Å². The van der Waals surface area contributed by atoms with Crippen molar-refractivity contribution < 1.29 is 9.59 Å². The first-order valence-corrected chi connectivity index (χ1v) is 11.7. The molecule has 2 amide bonds. The highest BCUT2D eigenvalue weighted by Gasteiger charge is 2.24. The van der Waals surface area contributed by atoms with Gasteiger partial charge in [0, 0.05) is 56.7 Å². The van der Waals surface area contributed by atoms with E-state index >= 15 is 0 Å². The van der Waals surface area contributed by atoms with E-state index in [9.17, 15) is 9.59 Å². The van der Waals surface area contributed by atoms with Crippen LogP contribution in [0.2, 0.25) is 0 Å². The van der Waals surface area contributed by atoms with Gasteiger partial charge in [-0.2, -0.15) is 0 Å². The van der Waals surface area contributed by atoms with Crippen LogP contribution in [0.5, 0.6) is 0 Å². The molecule has 0 radical (unpaired) electrons. The van der Waals surface area contributed by atoms with E-state index in [1.807, 2.05) is 35.2 Å². The second-order valence-corrected chi connectivity index (χ2v) is 9.24. The summed E-state index contributed by atoms with van der Waals surface area (Å²) in [7, 11) is 0. The molecule has 166 valence electrons. The van der Waals surface area contributed by atoms with Gasteiger partial charge in [-0.25, -0.2) is 4.98 Å². The SMILES string of the molecule is NC(=O)c1sc2nccc(N3CCCN(c4ccc(C(=O)N5CCC5)cc4)CC3)c2c1N. The average Bonchev–Trinajstić information content (AvgIpc) is 2.94. The van der Waals surface area contributed by atoms with E-state index in [1.165, 1.54) is 11.3 Å². The zero-order valence-electron chi connectivity index (χ0n) is 17.8. The minimum absolute atomic E-state index is 0.121. The number of anilines is 3. The Morgan fingerprint density at radius 3 is 2.28 bits per heavy atom. The van der Waals surface area contributed by atoms with Crippen LogP contribution in [-0.4, -0.2) is 61.0 Å². The average molecular weight is 451 g/mol. The number of amides is 2. The van der Waals surface area contributed by atoms with Crippen molar-refractivity contribution in [2.75, 3.05) is 54.8 Å². The molecule has 32 heavy (non-hydrogen) atoms. The molecule has 3 aromatic rings. The van der Waals surface area contributed by atoms with E-state index in [2.05, 4.69) is 14.8 Å². The van der Waals surface area contributed by atoms with Crippen LogP contribution in [0.25, 0.3) is 10.2 Å². The predicted octanol–water partition coefficient (Wildman–Crippen LogP) is 2.54. The molecule has 8 nitrogen and oxygen atoms in total. The molecule has 0 saturated carbocycles. The molecule has 4 N–H and O–H groups in total. The molecule has 2 saturated heterocycles. The van der Waals surface area contributed by atoms with Crippen molar-refractivity contribution in [3.05, 3.63) is 47.0 Å². The Hall–Kier alpha value is -3.33. The van der Waals surface area contributed by atoms with Crippen molar-refractivity contribution in [1.29, 1.82) is 0 Å². The number of fused-ring (bicyclic) bond motifs is 1. The zero-order valence-corrected chi connectivity index (χ0v) is 18.6. The normalized spacial score (nSPS) is 16.7. The van der Waals surface area contributed by atoms with E-state index < -0.39 is 5.91 Å². The summed E-state index contributed by atoms with van der Waals surface area (Å²) in [4.78, 5) is 36.2. The molecule has 2 aliphatic heterocycles. The quantitative estimate of drug-likeness (QED) is 0.632. The summed E-state index contributed by atoms with van der Waals surface area (Å²) in [5, 5.41) is 0.814. The smallest absolute Gasteiger partial charge is 0.260 e. The lowest BCUT2D eigenvalue weighted by molar-refractivity contribution is 0.0651. The monoisotopic (exact) mass is 450 g/mol. The molecular weight excluding hydrogens is 424 g/mol. The molecule has 0 aliphatic carbocycles. The minimum Gasteiger partial charge on any atom is -0.397 e. The Morgan fingerprint density at radius 1 is 0.906 bits per heavy atom. The van der Waals surface area contributed by atoms with Crippen molar-refractivity contribution in [2.45, 2.75) is 12.8 Å². The van der Waals surface area contributed by atoms with Gasteiger partial charge in [-0.1, -0.05) is 0 Å². The zero-order chi connectivity index (χ0) is 22.2. The number of likely N-dealkylation sites (tertiary alicyclic amines) is 1. The highest BCUT2D eigenvalue weighted by molar-refractivity contribution is 7.21. The summed E-state index contributed by atoms with van der Waals surface area (Å²) in [6.07, 6.45) is 3.83. The van der Waals surface area contributed by atoms with E-state index in [0.717, 1.165) is 79.3 Å². The summed E-state index contributed by atoms with van der Waals surface area (Å²) in [5.41, 5.74) is 15.1. The molecule has 0 atom stereocenters. The first-order chi connectivity index (χ1) is 15.5. The Bertz CT molecular complexity index is 1170. The number of carbonyl (C=O) groups excluding carboxylic acids is 2. The maximum absolute atomic E-state index is 12.4. The fraction of sp³-hybridized carbons (Fsp3) is 0.348. The van der Waals surface area contributed by atoms with Gasteiger partial charge in [-0.15, -0.1) is 11.3 Å². The summed E-state index contributed by atoms with van der Waals surface area (Å²) >= 11 is 1.25. The van der Waals surface area contributed by atoms with Crippen molar-refractivity contribution in [2.24, 2.45) is 5.73 Å². The topological polar surface area (TPSA) is 109 Å². The standard InChI is InChI=1S/C23H26N6O2S/c24-19-18-17(7-8-26-22(18)32-20(19)21(25)30)28-10-1-9-27(13-14-28)16-5-3-15(4-6-16)23(31)29-11-2-12-29/h3-8H,1-2,9-14,24H2,(H2,25,30). The van der Waals surface area contributed by atoms with Crippen molar-refractivity contribution in [3.8, 4) is 0 Å². The van der Waals surface area contributed by atoms with E-state index in [-0.39, 0.29) is 5.91 Å². The number of thiophene rings is 1. The molecule has 0 spiro atoms. The van der Waals surface area contributed by atoms with Crippen LogP contribution in [0.1, 0.15) is 32.9 Å². The van der Waals surface area contributed by atoms with Gasteiger partial charge in [-0.05, 0) is 43.2 Å². The van der Waals surface area contributed by atoms with Gasteiger partial charge in [-0.3, -0.25) is 9.59 Å². The fourth-order valence-corrected chi connectivity index (χ4v) is 5.34. The molecule has 9 heteroatoms. The molecule has 2 aliphatic rings. The highest BCUT2D eigenvalue weighted by atomic mass is 32.1. The Kier molecular flexibility index (Phi) is 5.34. The molecular formula is C23H26N6O2S. The van der Waals surface area contributed by atoms with E-state index in [1.54, 1.807) is 6.20 Å². The summed E-state index contributed by atoms with van der Waals surface area (Å²) in [5.74, 6) is -0.398. The van der Waals surface area contributed by atoms with Crippen LogP contribution in [0.4, 0.5) is 17.1 Å². The van der Waals surface area contributed by atoms with Crippen molar-refractivity contribution in [3.63, 3.8) is 0 Å². The third-order valence-corrected chi connectivity index (χ3v) is 7.42. The second kappa shape index (κ2) is 8.31. The third-order valence-electron chi connectivity index (χ3n) is 6.29. The van der Waals surface area contributed by atoms with Crippen molar-refractivity contribution in [1.82, 2.24) is 9.88 Å². The number of nitrogens with zero attached hydrogens (tertiary/aromatic N) is 4. The maximum Gasteiger partial charge on any atom is 0.260 e. The van der Waals surface area contributed by atoms with Gasteiger partial charge in [0.2, 0.25) is 0 Å². The van der Waals surface area contributed by atoms with Gasteiger partial charge < -0.3 is 26.2 Å². The molecule has 0 bridgehead atoms. The lowest BCUT2D eigenvalue weighted by Gasteiger charge is -2.31. The number of benzene rings is 1. The van der Waals surface area contributed by atoms with Crippen LogP contribution < -0.4 is 21.3 Å². The number of hydrogen-bond acceptors (Lipinski definition) is 7. The van der Waals surface area contributed by atoms with Crippen LogP contribution in [0.3, 0.4) is 0 Å². The number of rotatable bonds is 4. The molecule has 5 rings (SSSR count). The molecule has 1 aromatic carbocycles. The van der Waals surface area contributed by atoms with Gasteiger partial charge in [0.05, 0.1) is 16.8 Å². The molecule has 2 fully saturated rings. The first-order valence-electron chi connectivity index (χ1n) is 10.9. The Morgan fingerprint density at radius 2 is 1.59 bits per heavy atom. The van der Waals surface area contributed by atoms with Crippen LogP contribution in [0, 0.1) is 0 Å². The van der Waals surface area contributed by atoms with Gasteiger partial charge >= 0.3 is 0 Å². The number of aromatic nitrogens is 1. The summed E-state index contributed by atoms with van der Waals surface area (Å²) < 4.78 is 0. The lowest BCUT2D eigenvalue weighted by Crippen LogP contribution is -2.42. The molecule has 0 unspecified atom stereocenters. The Labute approximate surface area is 190 Å². The van der Waals surface area contributed by atoms with E-state index in [0.29, 0.717) is 10.6 Å². The number of nitrogen functional groups attached to an aromatic ring is 1. The number of nitrogens with two attached hydrogens (primary N) is 2. The first kappa shape index (κ1) is 20.6. The van der Waals surface area contributed by atoms with Crippen LogP contribution >= 0.6 is 11.3 Å².